The largest absolute Gasteiger partial charge is 0.379 e. The summed E-state index contributed by atoms with van der Waals surface area (Å²) in [5.41, 5.74) is 0. The van der Waals surface area contributed by atoms with Crippen molar-refractivity contribution in [3.63, 3.8) is 0 Å². The molecule has 0 radical (unpaired) electrons. The molecule has 0 spiro atoms. The third-order valence-electron chi connectivity index (χ3n) is 2.89. The van der Waals surface area contributed by atoms with E-state index in [1.165, 1.54) is 0 Å². The maximum absolute atomic E-state index is 11.3. The molecule has 0 aliphatic carbocycles. The Balaban J connectivity index is 1.81. The van der Waals surface area contributed by atoms with Crippen LogP contribution in [0.1, 0.15) is 39.0 Å². The van der Waals surface area contributed by atoms with Crippen LogP contribution in [0, 0.1) is 0 Å². The van der Waals surface area contributed by atoms with E-state index in [0.717, 1.165) is 45.3 Å². The van der Waals surface area contributed by atoms with Crippen molar-refractivity contribution < 1.29 is 14.3 Å². The molecule has 0 aromatic carbocycles. The van der Waals surface area contributed by atoms with E-state index < -0.39 is 0 Å². The van der Waals surface area contributed by atoms with Gasteiger partial charge in [0.15, 0.2) is 0 Å². The molecule has 2 N–H and O–H groups in total. The van der Waals surface area contributed by atoms with Crippen molar-refractivity contribution in [3.8, 4) is 0 Å². The first-order valence-electron chi connectivity index (χ1n) is 7.04. The van der Waals surface area contributed by atoms with Gasteiger partial charge in [0.2, 0.25) is 0 Å². The smallest absolute Gasteiger partial charge is 0.314 e. The van der Waals surface area contributed by atoms with E-state index in [0.29, 0.717) is 19.8 Å². The average Bonchev–Trinajstić information content (AvgIpc) is 2.87. The van der Waals surface area contributed by atoms with Crippen molar-refractivity contribution in [1.29, 1.82) is 0 Å². The van der Waals surface area contributed by atoms with Gasteiger partial charge >= 0.3 is 6.03 Å². The molecular formula is C13H26N2O3. The van der Waals surface area contributed by atoms with Crippen molar-refractivity contribution in [3.05, 3.63) is 0 Å². The third-order valence-corrected chi connectivity index (χ3v) is 2.89. The van der Waals surface area contributed by atoms with Gasteiger partial charge in [-0.05, 0) is 25.7 Å². The Labute approximate surface area is 110 Å². The molecule has 1 heterocycles. The summed E-state index contributed by atoms with van der Waals surface area (Å²) in [5, 5.41) is 5.62. The maximum Gasteiger partial charge on any atom is 0.314 e. The monoisotopic (exact) mass is 258 g/mol. The highest BCUT2D eigenvalue weighted by Crippen LogP contribution is 2.11. The van der Waals surface area contributed by atoms with E-state index in [-0.39, 0.29) is 12.1 Å². The molecule has 1 saturated heterocycles. The van der Waals surface area contributed by atoms with Gasteiger partial charge in [0.05, 0.1) is 12.7 Å². The summed E-state index contributed by atoms with van der Waals surface area (Å²) in [6.45, 7) is 5.73. The van der Waals surface area contributed by atoms with E-state index in [1.54, 1.807) is 0 Å². The number of unbranched alkanes of at least 4 members (excludes halogenated alkanes) is 1. The molecular weight excluding hydrogens is 232 g/mol. The number of hydrogen-bond acceptors (Lipinski definition) is 3. The highest BCUT2D eigenvalue weighted by molar-refractivity contribution is 5.73. The highest BCUT2D eigenvalue weighted by Gasteiger charge is 2.14. The zero-order valence-electron chi connectivity index (χ0n) is 11.4. The second kappa shape index (κ2) is 10.1. The maximum atomic E-state index is 11.3. The fourth-order valence-electron chi connectivity index (χ4n) is 1.81. The zero-order valence-corrected chi connectivity index (χ0v) is 11.4. The van der Waals surface area contributed by atoms with Gasteiger partial charge in [0.1, 0.15) is 0 Å². The number of carbonyl (C=O) groups is 1. The van der Waals surface area contributed by atoms with Gasteiger partial charge in [0.25, 0.3) is 0 Å². The molecule has 0 aromatic rings. The minimum absolute atomic E-state index is 0.0809. The Bertz CT molecular complexity index is 218. The first-order chi connectivity index (χ1) is 8.83. The van der Waals surface area contributed by atoms with Crippen LogP contribution in [-0.2, 0) is 9.47 Å². The number of hydrogen-bond donors (Lipinski definition) is 2. The molecule has 2 amide bonds. The lowest BCUT2D eigenvalue weighted by Gasteiger charge is -2.10. The molecule has 5 heteroatoms. The summed E-state index contributed by atoms with van der Waals surface area (Å²) in [6, 6.07) is -0.0809. The van der Waals surface area contributed by atoms with Crippen LogP contribution in [0.15, 0.2) is 0 Å². The molecule has 1 fully saturated rings. The van der Waals surface area contributed by atoms with Crippen LogP contribution in [-0.4, -0.2) is 45.0 Å². The van der Waals surface area contributed by atoms with Crippen LogP contribution in [0.25, 0.3) is 0 Å². The number of urea groups is 1. The Kier molecular flexibility index (Phi) is 8.59. The highest BCUT2D eigenvalue weighted by atomic mass is 16.5. The summed E-state index contributed by atoms with van der Waals surface area (Å²) in [7, 11) is 0. The molecule has 18 heavy (non-hydrogen) atoms. The van der Waals surface area contributed by atoms with Crippen molar-refractivity contribution in [2.45, 2.75) is 45.1 Å². The molecule has 5 nitrogen and oxygen atoms in total. The summed E-state index contributed by atoms with van der Waals surface area (Å²) in [5.74, 6) is 0. The van der Waals surface area contributed by atoms with Gasteiger partial charge in [-0.3, -0.25) is 0 Å². The Hall–Kier alpha value is -0.810. The summed E-state index contributed by atoms with van der Waals surface area (Å²) < 4.78 is 10.9. The van der Waals surface area contributed by atoms with Gasteiger partial charge in [-0.15, -0.1) is 0 Å². The van der Waals surface area contributed by atoms with E-state index in [9.17, 15) is 4.79 Å². The normalized spacial score (nSPS) is 18.8. The molecule has 1 atom stereocenters. The Morgan fingerprint density at radius 3 is 2.78 bits per heavy atom. The van der Waals surface area contributed by atoms with Crippen molar-refractivity contribution in [2.24, 2.45) is 0 Å². The lowest BCUT2D eigenvalue weighted by atomic mass is 10.2. The molecule has 106 valence electrons. The van der Waals surface area contributed by atoms with Crippen molar-refractivity contribution in [1.82, 2.24) is 10.6 Å². The Morgan fingerprint density at radius 2 is 2.11 bits per heavy atom. The van der Waals surface area contributed by atoms with Gasteiger partial charge in [-0.1, -0.05) is 13.3 Å². The Morgan fingerprint density at radius 1 is 1.33 bits per heavy atom. The zero-order chi connectivity index (χ0) is 13.1. The van der Waals surface area contributed by atoms with E-state index in [4.69, 9.17) is 9.47 Å². The van der Waals surface area contributed by atoms with E-state index in [2.05, 4.69) is 17.6 Å². The third kappa shape index (κ3) is 7.50. The number of nitrogens with one attached hydrogen (secondary N) is 2. The summed E-state index contributed by atoms with van der Waals surface area (Å²) >= 11 is 0. The van der Waals surface area contributed by atoms with Gasteiger partial charge < -0.3 is 20.1 Å². The predicted molar refractivity (Wildman–Crippen MR) is 70.7 cm³/mol. The van der Waals surface area contributed by atoms with E-state index in [1.807, 2.05) is 0 Å². The van der Waals surface area contributed by atoms with Crippen LogP contribution in [0.4, 0.5) is 4.79 Å². The van der Waals surface area contributed by atoms with Crippen LogP contribution >= 0.6 is 0 Å². The standard InChI is InChI=1S/C13H26N2O3/c1-2-3-7-14-13(16)15-8-5-9-17-11-12-6-4-10-18-12/h12H,2-11H2,1H3,(H2,14,15,16). The molecule has 0 bridgehead atoms. The second-order valence-electron chi connectivity index (χ2n) is 4.60. The number of carbonyl (C=O) groups excluding carboxylic acids is 1. The minimum atomic E-state index is -0.0809. The fourth-order valence-corrected chi connectivity index (χ4v) is 1.81. The van der Waals surface area contributed by atoms with Crippen LogP contribution in [0.2, 0.25) is 0 Å². The molecule has 1 rings (SSSR count). The van der Waals surface area contributed by atoms with Gasteiger partial charge in [-0.2, -0.15) is 0 Å². The molecule has 1 unspecified atom stereocenters. The number of rotatable bonds is 9. The SMILES string of the molecule is CCCCNC(=O)NCCCOCC1CCCO1. The summed E-state index contributed by atoms with van der Waals surface area (Å²) in [6.07, 6.45) is 5.50. The fraction of sp³-hybridized carbons (Fsp3) is 0.923. The topological polar surface area (TPSA) is 59.6 Å². The quantitative estimate of drug-likeness (QED) is 0.618. The van der Waals surface area contributed by atoms with Gasteiger partial charge in [0, 0.05) is 26.3 Å². The van der Waals surface area contributed by atoms with Crippen LogP contribution < -0.4 is 10.6 Å². The lowest BCUT2D eigenvalue weighted by molar-refractivity contribution is 0.0168. The second-order valence-corrected chi connectivity index (χ2v) is 4.60. The first-order valence-corrected chi connectivity index (χ1v) is 7.04. The van der Waals surface area contributed by atoms with Gasteiger partial charge in [-0.25, -0.2) is 4.79 Å². The summed E-state index contributed by atoms with van der Waals surface area (Å²) in [4.78, 5) is 11.3. The molecule has 0 aromatic heterocycles. The van der Waals surface area contributed by atoms with Crippen molar-refractivity contribution >= 4 is 6.03 Å². The predicted octanol–water partition coefficient (Wildman–Crippen LogP) is 1.67. The molecule has 1 aliphatic heterocycles. The number of ether oxygens (including phenoxy) is 2. The lowest BCUT2D eigenvalue weighted by Crippen LogP contribution is -2.36. The van der Waals surface area contributed by atoms with E-state index >= 15 is 0 Å². The number of amides is 2. The minimum Gasteiger partial charge on any atom is -0.379 e. The van der Waals surface area contributed by atoms with Crippen molar-refractivity contribution in [2.75, 3.05) is 32.9 Å². The van der Waals surface area contributed by atoms with Crippen LogP contribution in [0.3, 0.4) is 0 Å². The molecule has 0 saturated carbocycles. The average molecular weight is 258 g/mol. The first kappa shape index (κ1) is 15.2. The van der Waals surface area contributed by atoms with Crippen LogP contribution in [0.5, 0.6) is 0 Å². The molecule has 1 aliphatic rings.